The number of nitro benzene ring substituents is 1. The van der Waals surface area contributed by atoms with E-state index < -0.39 is 0 Å². The van der Waals surface area contributed by atoms with E-state index >= 15 is 0 Å². The van der Waals surface area contributed by atoms with Crippen molar-refractivity contribution in [2.24, 2.45) is 11.7 Å². The number of benzene rings is 1. The van der Waals surface area contributed by atoms with Gasteiger partial charge in [0.1, 0.15) is 5.69 Å². The minimum Gasteiger partial charge on any atom is -0.364 e. The van der Waals surface area contributed by atoms with E-state index in [1.54, 1.807) is 12.1 Å². The molecule has 0 bridgehead atoms. The Kier molecular flexibility index (Phi) is 3.52. The highest BCUT2D eigenvalue weighted by molar-refractivity contribution is 5.64. The molecule has 1 aromatic carbocycles. The lowest BCUT2D eigenvalue weighted by Gasteiger charge is -2.36. The zero-order valence-corrected chi connectivity index (χ0v) is 10.8. The SMILES string of the molecule is Cc1ccc([N+](=O)[O-])c(N2CC(C)CC(N)C2)c1. The molecule has 2 atom stereocenters. The van der Waals surface area contributed by atoms with Gasteiger partial charge in [-0.1, -0.05) is 13.0 Å². The van der Waals surface area contributed by atoms with Crippen molar-refractivity contribution >= 4 is 11.4 Å². The number of nitrogens with zero attached hydrogens (tertiary/aromatic N) is 2. The molecule has 1 heterocycles. The molecule has 1 aromatic rings. The Bertz CT molecular complexity index is 452. The maximum Gasteiger partial charge on any atom is 0.292 e. The minimum atomic E-state index is -0.320. The molecule has 0 aromatic heterocycles. The molecule has 0 saturated carbocycles. The molecule has 1 aliphatic rings. The van der Waals surface area contributed by atoms with Crippen LogP contribution in [-0.4, -0.2) is 24.1 Å². The number of hydrogen-bond donors (Lipinski definition) is 1. The molecular weight excluding hydrogens is 230 g/mol. The van der Waals surface area contributed by atoms with Crippen molar-refractivity contribution in [1.29, 1.82) is 0 Å². The molecule has 18 heavy (non-hydrogen) atoms. The lowest BCUT2D eigenvalue weighted by Crippen LogP contribution is -2.46. The number of nitrogens with two attached hydrogens (primary N) is 1. The van der Waals surface area contributed by atoms with Gasteiger partial charge in [-0.05, 0) is 30.9 Å². The van der Waals surface area contributed by atoms with E-state index in [9.17, 15) is 10.1 Å². The third-order valence-corrected chi connectivity index (χ3v) is 3.36. The summed E-state index contributed by atoms with van der Waals surface area (Å²) in [6.45, 7) is 5.60. The zero-order valence-electron chi connectivity index (χ0n) is 10.8. The number of nitro groups is 1. The number of hydrogen-bond acceptors (Lipinski definition) is 4. The van der Waals surface area contributed by atoms with Gasteiger partial charge in [-0.15, -0.1) is 0 Å². The third kappa shape index (κ3) is 2.61. The zero-order chi connectivity index (χ0) is 13.3. The van der Waals surface area contributed by atoms with E-state index in [2.05, 4.69) is 6.92 Å². The second-order valence-electron chi connectivity index (χ2n) is 5.26. The standard InChI is InChI=1S/C13H19N3O2/c1-9-3-4-12(16(17)18)13(6-9)15-7-10(2)5-11(14)8-15/h3-4,6,10-11H,5,7-8,14H2,1-2H3. The fraction of sp³-hybridized carbons (Fsp3) is 0.538. The van der Waals surface area contributed by atoms with Gasteiger partial charge in [-0.2, -0.15) is 0 Å². The molecule has 1 saturated heterocycles. The van der Waals surface area contributed by atoms with Crippen LogP contribution in [0.3, 0.4) is 0 Å². The highest BCUT2D eigenvalue weighted by Crippen LogP contribution is 2.32. The van der Waals surface area contributed by atoms with Crippen LogP contribution in [0.1, 0.15) is 18.9 Å². The summed E-state index contributed by atoms with van der Waals surface area (Å²) in [7, 11) is 0. The average molecular weight is 249 g/mol. The van der Waals surface area contributed by atoms with Crippen LogP contribution in [0.2, 0.25) is 0 Å². The van der Waals surface area contributed by atoms with Crippen molar-refractivity contribution in [3.05, 3.63) is 33.9 Å². The van der Waals surface area contributed by atoms with Gasteiger partial charge in [0.05, 0.1) is 4.92 Å². The van der Waals surface area contributed by atoms with Crippen LogP contribution in [0.15, 0.2) is 18.2 Å². The molecule has 2 unspecified atom stereocenters. The Labute approximate surface area is 107 Å². The predicted octanol–water partition coefficient (Wildman–Crippen LogP) is 2.08. The molecule has 0 amide bonds. The lowest BCUT2D eigenvalue weighted by molar-refractivity contribution is -0.384. The average Bonchev–Trinajstić information content (AvgIpc) is 2.27. The largest absolute Gasteiger partial charge is 0.364 e. The van der Waals surface area contributed by atoms with Gasteiger partial charge < -0.3 is 10.6 Å². The molecule has 2 rings (SSSR count). The maximum absolute atomic E-state index is 11.1. The molecule has 5 heteroatoms. The molecule has 1 fully saturated rings. The van der Waals surface area contributed by atoms with Crippen LogP contribution in [0.4, 0.5) is 11.4 Å². The number of anilines is 1. The first-order valence-corrected chi connectivity index (χ1v) is 6.23. The van der Waals surface area contributed by atoms with Gasteiger partial charge in [-0.25, -0.2) is 0 Å². The Hall–Kier alpha value is -1.62. The van der Waals surface area contributed by atoms with E-state index in [0.29, 0.717) is 18.2 Å². The first kappa shape index (κ1) is 12.8. The van der Waals surface area contributed by atoms with Crippen LogP contribution in [0.25, 0.3) is 0 Å². The van der Waals surface area contributed by atoms with E-state index in [1.165, 1.54) is 0 Å². The fourth-order valence-corrected chi connectivity index (χ4v) is 2.64. The summed E-state index contributed by atoms with van der Waals surface area (Å²) in [6, 6.07) is 5.32. The Morgan fingerprint density at radius 1 is 1.44 bits per heavy atom. The van der Waals surface area contributed by atoms with Gasteiger partial charge in [0.15, 0.2) is 0 Å². The van der Waals surface area contributed by atoms with Crippen LogP contribution in [-0.2, 0) is 0 Å². The molecule has 2 N–H and O–H groups in total. The Morgan fingerprint density at radius 2 is 2.17 bits per heavy atom. The van der Waals surface area contributed by atoms with Crippen molar-refractivity contribution in [2.45, 2.75) is 26.3 Å². The summed E-state index contributed by atoms with van der Waals surface area (Å²) in [6.07, 6.45) is 0.982. The maximum atomic E-state index is 11.1. The molecule has 1 aliphatic heterocycles. The van der Waals surface area contributed by atoms with Crippen molar-refractivity contribution < 1.29 is 4.92 Å². The third-order valence-electron chi connectivity index (χ3n) is 3.36. The Balaban J connectivity index is 2.36. The highest BCUT2D eigenvalue weighted by Gasteiger charge is 2.27. The van der Waals surface area contributed by atoms with Gasteiger partial charge in [0, 0.05) is 25.2 Å². The minimum absolute atomic E-state index is 0.0915. The van der Waals surface area contributed by atoms with Gasteiger partial charge in [0.25, 0.3) is 5.69 Å². The van der Waals surface area contributed by atoms with E-state index in [-0.39, 0.29) is 16.7 Å². The van der Waals surface area contributed by atoms with Crippen molar-refractivity contribution in [3.8, 4) is 0 Å². The summed E-state index contributed by atoms with van der Waals surface area (Å²) in [4.78, 5) is 12.8. The summed E-state index contributed by atoms with van der Waals surface area (Å²) in [5.41, 5.74) is 7.90. The summed E-state index contributed by atoms with van der Waals surface area (Å²) < 4.78 is 0. The monoisotopic (exact) mass is 249 g/mol. The van der Waals surface area contributed by atoms with Crippen molar-refractivity contribution in [2.75, 3.05) is 18.0 Å². The van der Waals surface area contributed by atoms with Crippen LogP contribution in [0.5, 0.6) is 0 Å². The lowest BCUT2D eigenvalue weighted by atomic mass is 9.95. The smallest absolute Gasteiger partial charge is 0.292 e. The molecular formula is C13H19N3O2. The molecule has 5 nitrogen and oxygen atoms in total. The first-order valence-electron chi connectivity index (χ1n) is 6.23. The normalized spacial score (nSPS) is 24.1. The Morgan fingerprint density at radius 3 is 2.78 bits per heavy atom. The van der Waals surface area contributed by atoms with E-state index in [4.69, 9.17) is 5.73 Å². The fourth-order valence-electron chi connectivity index (χ4n) is 2.64. The van der Waals surface area contributed by atoms with Crippen molar-refractivity contribution in [1.82, 2.24) is 0 Å². The number of rotatable bonds is 2. The van der Waals surface area contributed by atoms with Gasteiger partial charge >= 0.3 is 0 Å². The quantitative estimate of drug-likeness (QED) is 0.643. The predicted molar refractivity (Wildman–Crippen MR) is 71.8 cm³/mol. The van der Waals surface area contributed by atoms with Gasteiger partial charge in [-0.3, -0.25) is 10.1 Å². The van der Waals surface area contributed by atoms with Crippen LogP contribution >= 0.6 is 0 Å². The number of aryl methyl sites for hydroxylation is 1. The van der Waals surface area contributed by atoms with Gasteiger partial charge in [0.2, 0.25) is 0 Å². The second-order valence-corrected chi connectivity index (χ2v) is 5.26. The summed E-state index contributed by atoms with van der Waals surface area (Å²) >= 11 is 0. The van der Waals surface area contributed by atoms with Crippen molar-refractivity contribution in [3.63, 3.8) is 0 Å². The molecule has 0 aliphatic carbocycles. The summed E-state index contributed by atoms with van der Waals surface area (Å²) in [5, 5.41) is 11.1. The van der Waals surface area contributed by atoms with E-state index in [0.717, 1.165) is 18.5 Å². The van der Waals surface area contributed by atoms with E-state index in [1.807, 2.05) is 17.9 Å². The highest BCUT2D eigenvalue weighted by atomic mass is 16.6. The molecule has 0 radical (unpaired) electrons. The molecule has 98 valence electrons. The first-order chi connectivity index (χ1) is 8.47. The molecule has 0 spiro atoms. The summed E-state index contributed by atoms with van der Waals surface area (Å²) in [5.74, 6) is 0.467. The number of piperidine rings is 1. The van der Waals surface area contributed by atoms with Crippen LogP contribution < -0.4 is 10.6 Å². The topological polar surface area (TPSA) is 72.4 Å². The van der Waals surface area contributed by atoms with Crippen LogP contribution in [0, 0.1) is 23.0 Å². The second kappa shape index (κ2) is 4.94.